The van der Waals surface area contributed by atoms with E-state index in [1.807, 2.05) is 0 Å². The van der Waals surface area contributed by atoms with Crippen molar-refractivity contribution < 1.29 is 0 Å². The number of rotatable bonds is 2. The number of hydrogen-bond acceptors (Lipinski definition) is 3. The van der Waals surface area contributed by atoms with Crippen LogP contribution < -0.4 is 10.9 Å². The maximum atomic E-state index is 11.7. The number of aromatic amines is 1. The van der Waals surface area contributed by atoms with Crippen LogP contribution in [0.2, 0.25) is 0 Å². The zero-order valence-electron chi connectivity index (χ0n) is 9.26. The molecule has 2 heterocycles. The minimum atomic E-state index is 0.0304. The lowest BCUT2D eigenvalue weighted by Crippen LogP contribution is -2.25. The predicted octanol–water partition coefficient (Wildman–Crippen LogP) is 1.33. The minimum Gasteiger partial charge on any atom is -0.370 e. The van der Waals surface area contributed by atoms with E-state index >= 15 is 0 Å². The molecule has 0 fully saturated rings. The molecule has 82 valence electrons. The van der Waals surface area contributed by atoms with Gasteiger partial charge >= 0.3 is 0 Å². The van der Waals surface area contributed by atoms with Crippen LogP contribution in [0.5, 0.6) is 0 Å². The van der Waals surface area contributed by atoms with Crippen LogP contribution in [0, 0.1) is 5.92 Å². The van der Waals surface area contributed by atoms with Crippen molar-refractivity contribution >= 4 is 5.82 Å². The van der Waals surface area contributed by atoms with Crippen molar-refractivity contribution in [2.75, 3.05) is 11.9 Å². The van der Waals surface area contributed by atoms with Crippen molar-refractivity contribution in [1.29, 1.82) is 0 Å². The topological polar surface area (TPSA) is 57.8 Å². The number of nitrogens with one attached hydrogen (secondary N) is 2. The zero-order valence-corrected chi connectivity index (χ0v) is 9.26. The lowest BCUT2D eigenvalue weighted by Gasteiger charge is -2.16. The molecule has 1 aromatic rings. The van der Waals surface area contributed by atoms with E-state index in [0.717, 1.165) is 43.0 Å². The first-order chi connectivity index (χ1) is 7.16. The molecule has 4 heteroatoms. The van der Waals surface area contributed by atoms with E-state index in [1.54, 1.807) is 0 Å². The number of anilines is 1. The van der Waals surface area contributed by atoms with Crippen LogP contribution in [0.4, 0.5) is 5.82 Å². The van der Waals surface area contributed by atoms with Crippen LogP contribution >= 0.6 is 0 Å². The molecule has 0 unspecified atom stereocenters. The molecule has 0 aliphatic carbocycles. The monoisotopic (exact) mass is 207 g/mol. The Hall–Kier alpha value is -1.32. The minimum absolute atomic E-state index is 0.0304. The van der Waals surface area contributed by atoms with E-state index in [0.29, 0.717) is 5.92 Å². The van der Waals surface area contributed by atoms with Gasteiger partial charge in [0.25, 0.3) is 5.56 Å². The standard InChI is InChI=1S/C11H17N3O/c1-7(2)6-9-13-10-8(11(15)14-9)4-3-5-12-10/h7H,3-6H2,1-2H3,(H2,12,13,14,15). The van der Waals surface area contributed by atoms with Crippen molar-refractivity contribution in [1.82, 2.24) is 9.97 Å². The highest BCUT2D eigenvalue weighted by Gasteiger charge is 2.15. The van der Waals surface area contributed by atoms with Gasteiger partial charge in [0.2, 0.25) is 0 Å². The van der Waals surface area contributed by atoms with Crippen LogP contribution in [-0.2, 0) is 12.8 Å². The number of fused-ring (bicyclic) bond motifs is 1. The third-order valence-electron chi connectivity index (χ3n) is 2.56. The van der Waals surface area contributed by atoms with Gasteiger partial charge in [-0.25, -0.2) is 4.98 Å². The Balaban J connectivity index is 2.36. The molecule has 2 rings (SSSR count). The maximum absolute atomic E-state index is 11.7. The molecular formula is C11H17N3O. The number of hydrogen-bond donors (Lipinski definition) is 2. The lowest BCUT2D eigenvalue weighted by atomic mass is 10.1. The van der Waals surface area contributed by atoms with Gasteiger partial charge in [-0.2, -0.15) is 0 Å². The Morgan fingerprint density at radius 1 is 1.47 bits per heavy atom. The molecular weight excluding hydrogens is 190 g/mol. The van der Waals surface area contributed by atoms with Gasteiger partial charge in [0, 0.05) is 13.0 Å². The first-order valence-corrected chi connectivity index (χ1v) is 5.52. The van der Waals surface area contributed by atoms with Gasteiger partial charge < -0.3 is 10.3 Å². The molecule has 0 atom stereocenters. The summed E-state index contributed by atoms with van der Waals surface area (Å²) in [5.74, 6) is 2.10. The Morgan fingerprint density at radius 3 is 3.00 bits per heavy atom. The molecule has 0 aromatic carbocycles. The van der Waals surface area contributed by atoms with Crippen molar-refractivity contribution in [3.05, 3.63) is 21.7 Å². The highest BCUT2D eigenvalue weighted by molar-refractivity contribution is 5.45. The molecule has 1 aliphatic heterocycles. The Morgan fingerprint density at radius 2 is 2.27 bits per heavy atom. The molecule has 1 aromatic heterocycles. The SMILES string of the molecule is CC(C)Cc1nc2c(c(=O)[nH]1)CCCN2. The van der Waals surface area contributed by atoms with Gasteiger partial charge in [0.15, 0.2) is 0 Å². The first-order valence-electron chi connectivity index (χ1n) is 5.52. The normalized spacial score (nSPS) is 14.9. The summed E-state index contributed by atoms with van der Waals surface area (Å²) in [6.07, 6.45) is 2.68. The third kappa shape index (κ3) is 2.19. The second-order valence-corrected chi connectivity index (χ2v) is 4.47. The van der Waals surface area contributed by atoms with E-state index in [4.69, 9.17) is 0 Å². The molecule has 2 N–H and O–H groups in total. The summed E-state index contributed by atoms with van der Waals surface area (Å²) in [5.41, 5.74) is 0.844. The lowest BCUT2D eigenvalue weighted by molar-refractivity contribution is 0.615. The zero-order chi connectivity index (χ0) is 10.8. The summed E-state index contributed by atoms with van der Waals surface area (Å²) in [4.78, 5) is 19.0. The summed E-state index contributed by atoms with van der Waals surface area (Å²) in [5, 5.41) is 3.19. The van der Waals surface area contributed by atoms with E-state index < -0.39 is 0 Å². The Kier molecular flexibility index (Phi) is 2.75. The summed E-state index contributed by atoms with van der Waals surface area (Å²) in [6, 6.07) is 0. The Labute approximate surface area is 89.1 Å². The van der Waals surface area contributed by atoms with E-state index in [-0.39, 0.29) is 5.56 Å². The highest BCUT2D eigenvalue weighted by Crippen LogP contribution is 2.15. The number of H-pyrrole nitrogens is 1. The molecule has 0 saturated carbocycles. The number of aromatic nitrogens is 2. The molecule has 0 amide bonds. The summed E-state index contributed by atoms with van der Waals surface area (Å²) >= 11 is 0. The molecule has 0 spiro atoms. The van der Waals surface area contributed by atoms with Gasteiger partial charge in [-0.05, 0) is 18.8 Å². The van der Waals surface area contributed by atoms with Crippen LogP contribution in [0.25, 0.3) is 0 Å². The van der Waals surface area contributed by atoms with Gasteiger partial charge in [-0.15, -0.1) is 0 Å². The van der Waals surface area contributed by atoms with Gasteiger partial charge in [-0.3, -0.25) is 4.79 Å². The van der Waals surface area contributed by atoms with E-state index in [9.17, 15) is 4.79 Å². The fraction of sp³-hybridized carbons (Fsp3) is 0.636. The van der Waals surface area contributed by atoms with Gasteiger partial charge in [0.1, 0.15) is 11.6 Å². The van der Waals surface area contributed by atoms with Gasteiger partial charge in [0.05, 0.1) is 5.56 Å². The second-order valence-electron chi connectivity index (χ2n) is 4.47. The van der Waals surface area contributed by atoms with Crippen LogP contribution in [0.15, 0.2) is 4.79 Å². The summed E-state index contributed by atoms with van der Waals surface area (Å²) in [6.45, 7) is 5.16. The smallest absolute Gasteiger partial charge is 0.256 e. The highest BCUT2D eigenvalue weighted by atomic mass is 16.1. The number of nitrogens with zero attached hydrogens (tertiary/aromatic N) is 1. The summed E-state index contributed by atoms with van der Waals surface area (Å²) in [7, 11) is 0. The molecule has 4 nitrogen and oxygen atoms in total. The quantitative estimate of drug-likeness (QED) is 0.769. The van der Waals surface area contributed by atoms with Crippen molar-refractivity contribution in [2.45, 2.75) is 33.1 Å². The molecule has 0 bridgehead atoms. The first kappa shape index (κ1) is 10.2. The second kappa shape index (κ2) is 4.04. The maximum Gasteiger partial charge on any atom is 0.256 e. The molecule has 15 heavy (non-hydrogen) atoms. The van der Waals surface area contributed by atoms with Crippen molar-refractivity contribution in [3.8, 4) is 0 Å². The van der Waals surface area contributed by atoms with E-state index in [2.05, 4.69) is 29.1 Å². The summed E-state index contributed by atoms with van der Waals surface area (Å²) < 4.78 is 0. The fourth-order valence-corrected chi connectivity index (χ4v) is 1.88. The average molecular weight is 207 g/mol. The predicted molar refractivity (Wildman–Crippen MR) is 60.2 cm³/mol. The largest absolute Gasteiger partial charge is 0.370 e. The third-order valence-corrected chi connectivity index (χ3v) is 2.56. The van der Waals surface area contributed by atoms with Crippen molar-refractivity contribution in [2.24, 2.45) is 5.92 Å². The van der Waals surface area contributed by atoms with Crippen LogP contribution in [0.1, 0.15) is 31.7 Å². The van der Waals surface area contributed by atoms with Crippen LogP contribution in [0.3, 0.4) is 0 Å². The Bertz CT molecular complexity index is 409. The van der Waals surface area contributed by atoms with E-state index in [1.165, 1.54) is 0 Å². The molecule has 0 radical (unpaired) electrons. The van der Waals surface area contributed by atoms with Crippen molar-refractivity contribution in [3.63, 3.8) is 0 Å². The molecule has 1 aliphatic rings. The fourth-order valence-electron chi connectivity index (χ4n) is 1.88. The average Bonchev–Trinajstić information content (AvgIpc) is 2.16. The molecule has 0 saturated heterocycles. The van der Waals surface area contributed by atoms with Crippen LogP contribution in [-0.4, -0.2) is 16.5 Å². The van der Waals surface area contributed by atoms with Gasteiger partial charge in [-0.1, -0.05) is 13.8 Å².